The molecule has 2 N–H and O–H groups in total. The molecule has 14 heavy (non-hydrogen) atoms. The Bertz CT molecular complexity index is 398. The van der Waals surface area contributed by atoms with Crippen LogP contribution in [-0.4, -0.2) is 13.1 Å². The van der Waals surface area contributed by atoms with Gasteiger partial charge in [0.05, 0.1) is 11.3 Å². The van der Waals surface area contributed by atoms with Gasteiger partial charge in [0.15, 0.2) is 0 Å². The lowest BCUT2D eigenvalue weighted by Crippen LogP contribution is -2.24. The molecule has 2 amide bonds. The molecule has 0 aliphatic carbocycles. The fraction of sp³-hybridized carbons (Fsp3) is 0.111. The summed E-state index contributed by atoms with van der Waals surface area (Å²) in [5.41, 5.74) is 0.775. The van der Waals surface area contributed by atoms with Crippen molar-refractivity contribution in [1.82, 2.24) is 5.32 Å². The molecule has 0 aliphatic heterocycles. The first-order chi connectivity index (χ1) is 6.67. The molecule has 0 fully saturated rings. The van der Waals surface area contributed by atoms with Gasteiger partial charge in [-0.2, -0.15) is 5.26 Å². The first-order valence-corrected chi connectivity index (χ1v) is 4.23. The van der Waals surface area contributed by atoms with Crippen molar-refractivity contribution in [3.05, 3.63) is 28.8 Å². The summed E-state index contributed by atoms with van der Waals surface area (Å²) in [6.45, 7) is 0. The lowest BCUT2D eigenvalue weighted by molar-refractivity contribution is 0.254. The molecule has 0 aliphatic rings. The van der Waals surface area contributed by atoms with E-state index < -0.39 is 0 Å². The summed E-state index contributed by atoms with van der Waals surface area (Å²) in [5.74, 6) is 0. The van der Waals surface area contributed by atoms with E-state index in [9.17, 15) is 4.79 Å². The molecule has 0 radical (unpaired) electrons. The van der Waals surface area contributed by atoms with Gasteiger partial charge in [0.2, 0.25) is 0 Å². The summed E-state index contributed by atoms with van der Waals surface area (Å²) in [7, 11) is 1.50. The quantitative estimate of drug-likeness (QED) is 0.743. The highest BCUT2D eigenvalue weighted by Gasteiger charge is 2.05. The minimum Gasteiger partial charge on any atom is -0.341 e. The summed E-state index contributed by atoms with van der Waals surface area (Å²) < 4.78 is 0. The number of urea groups is 1. The van der Waals surface area contributed by atoms with Crippen molar-refractivity contribution in [3.63, 3.8) is 0 Å². The Balaban J connectivity index is 2.98. The maximum atomic E-state index is 11.0. The maximum absolute atomic E-state index is 11.0. The minimum atomic E-state index is -0.371. The molecule has 1 aromatic carbocycles. The third kappa shape index (κ3) is 2.38. The third-order valence-corrected chi connectivity index (χ3v) is 1.81. The number of nitrogens with one attached hydrogen (secondary N) is 2. The SMILES string of the molecule is CNC(=O)Nc1ccc(Cl)cc1C#N. The molecule has 0 atom stereocenters. The number of nitrogens with zero attached hydrogens (tertiary/aromatic N) is 1. The van der Waals surface area contributed by atoms with Gasteiger partial charge in [-0.15, -0.1) is 0 Å². The predicted octanol–water partition coefficient (Wildman–Crippen LogP) is 1.96. The smallest absolute Gasteiger partial charge is 0.319 e. The number of nitriles is 1. The van der Waals surface area contributed by atoms with E-state index in [4.69, 9.17) is 16.9 Å². The van der Waals surface area contributed by atoms with E-state index in [1.165, 1.54) is 13.1 Å². The van der Waals surface area contributed by atoms with Crippen LogP contribution in [0, 0.1) is 11.3 Å². The molecule has 0 saturated heterocycles. The summed E-state index contributed by atoms with van der Waals surface area (Å²) in [4.78, 5) is 11.0. The second kappa shape index (κ2) is 4.49. The van der Waals surface area contributed by atoms with E-state index in [1.807, 2.05) is 6.07 Å². The molecule has 0 aromatic heterocycles. The Morgan fingerprint density at radius 2 is 2.29 bits per heavy atom. The Labute approximate surface area is 86.5 Å². The lowest BCUT2D eigenvalue weighted by Gasteiger charge is -2.05. The van der Waals surface area contributed by atoms with Crippen molar-refractivity contribution in [2.24, 2.45) is 0 Å². The molecule has 1 rings (SSSR count). The van der Waals surface area contributed by atoms with Gasteiger partial charge in [-0.3, -0.25) is 0 Å². The van der Waals surface area contributed by atoms with E-state index in [2.05, 4.69) is 10.6 Å². The van der Waals surface area contributed by atoms with Crippen LogP contribution in [0.3, 0.4) is 0 Å². The van der Waals surface area contributed by atoms with Crippen molar-refractivity contribution in [1.29, 1.82) is 5.26 Å². The van der Waals surface area contributed by atoms with Crippen LogP contribution in [0.5, 0.6) is 0 Å². The summed E-state index contributed by atoms with van der Waals surface area (Å²) in [6, 6.07) is 6.24. The van der Waals surface area contributed by atoms with Crippen LogP contribution in [0.25, 0.3) is 0 Å². The number of rotatable bonds is 1. The van der Waals surface area contributed by atoms with Crippen LogP contribution >= 0.6 is 11.6 Å². The third-order valence-electron chi connectivity index (χ3n) is 1.58. The van der Waals surface area contributed by atoms with E-state index >= 15 is 0 Å². The molecule has 0 heterocycles. The Morgan fingerprint density at radius 3 is 2.86 bits per heavy atom. The van der Waals surface area contributed by atoms with Crippen LogP contribution in [0.2, 0.25) is 5.02 Å². The molecule has 1 aromatic rings. The number of hydrogen-bond donors (Lipinski definition) is 2. The highest BCUT2D eigenvalue weighted by molar-refractivity contribution is 6.30. The molecule has 72 valence electrons. The van der Waals surface area contributed by atoms with Gasteiger partial charge in [0, 0.05) is 12.1 Å². The van der Waals surface area contributed by atoms with Crippen LogP contribution in [0.1, 0.15) is 5.56 Å². The molecular formula is C9H8ClN3O. The van der Waals surface area contributed by atoms with Crippen molar-refractivity contribution in [3.8, 4) is 6.07 Å². The van der Waals surface area contributed by atoms with E-state index in [0.717, 1.165) is 0 Å². The fourth-order valence-corrected chi connectivity index (χ4v) is 1.07. The average molecular weight is 210 g/mol. The molecule has 0 saturated carbocycles. The normalized spacial score (nSPS) is 8.93. The number of amides is 2. The van der Waals surface area contributed by atoms with Crippen molar-refractivity contribution in [2.75, 3.05) is 12.4 Å². The number of anilines is 1. The number of hydrogen-bond acceptors (Lipinski definition) is 2. The Morgan fingerprint density at radius 1 is 1.57 bits per heavy atom. The molecule has 0 unspecified atom stereocenters. The summed E-state index contributed by atoms with van der Waals surface area (Å²) in [6.07, 6.45) is 0. The summed E-state index contributed by atoms with van der Waals surface area (Å²) in [5, 5.41) is 14.1. The molecule has 4 nitrogen and oxygen atoms in total. The molecule has 0 spiro atoms. The zero-order chi connectivity index (χ0) is 10.6. The highest BCUT2D eigenvalue weighted by Crippen LogP contribution is 2.19. The first-order valence-electron chi connectivity index (χ1n) is 3.85. The number of benzene rings is 1. The van der Waals surface area contributed by atoms with Crippen molar-refractivity contribution < 1.29 is 4.79 Å². The maximum Gasteiger partial charge on any atom is 0.319 e. The van der Waals surface area contributed by atoms with Crippen LogP contribution in [0.4, 0.5) is 10.5 Å². The second-order valence-electron chi connectivity index (χ2n) is 2.51. The molecule has 5 heteroatoms. The summed E-state index contributed by atoms with van der Waals surface area (Å²) >= 11 is 5.69. The average Bonchev–Trinajstić information content (AvgIpc) is 2.20. The lowest BCUT2D eigenvalue weighted by atomic mass is 10.2. The first kappa shape index (κ1) is 10.4. The minimum absolute atomic E-state index is 0.334. The Kier molecular flexibility index (Phi) is 3.32. The van der Waals surface area contributed by atoms with Crippen molar-refractivity contribution >= 4 is 23.3 Å². The largest absolute Gasteiger partial charge is 0.341 e. The van der Waals surface area contributed by atoms with Gasteiger partial charge in [0.25, 0.3) is 0 Å². The van der Waals surface area contributed by atoms with Crippen LogP contribution < -0.4 is 10.6 Å². The monoisotopic (exact) mass is 209 g/mol. The van der Waals surface area contributed by atoms with Crippen molar-refractivity contribution in [2.45, 2.75) is 0 Å². The van der Waals surface area contributed by atoms with E-state index in [0.29, 0.717) is 16.3 Å². The Hall–Kier alpha value is -1.73. The number of carbonyl (C=O) groups excluding carboxylic acids is 1. The number of carbonyl (C=O) groups is 1. The van der Waals surface area contributed by atoms with Gasteiger partial charge in [0.1, 0.15) is 6.07 Å². The second-order valence-corrected chi connectivity index (χ2v) is 2.94. The van der Waals surface area contributed by atoms with Crippen LogP contribution in [-0.2, 0) is 0 Å². The van der Waals surface area contributed by atoms with Gasteiger partial charge in [-0.1, -0.05) is 11.6 Å². The van der Waals surface area contributed by atoms with Gasteiger partial charge in [-0.05, 0) is 18.2 Å². The highest BCUT2D eigenvalue weighted by atomic mass is 35.5. The standard InChI is InChI=1S/C9H8ClN3O/c1-12-9(14)13-8-3-2-7(10)4-6(8)5-11/h2-4H,1H3,(H2,12,13,14). The van der Waals surface area contributed by atoms with E-state index in [1.54, 1.807) is 12.1 Å². The van der Waals surface area contributed by atoms with Crippen LogP contribution in [0.15, 0.2) is 18.2 Å². The topological polar surface area (TPSA) is 64.9 Å². The van der Waals surface area contributed by atoms with E-state index in [-0.39, 0.29) is 6.03 Å². The fourth-order valence-electron chi connectivity index (χ4n) is 0.903. The molecular weight excluding hydrogens is 202 g/mol. The van der Waals surface area contributed by atoms with Gasteiger partial charge >= 0.3 is 6.03 Å². The van der Waals surface area contributed by atoms with Gasteiger partial charge in [-0.25, -0.2) is 4.79 Å². The number of halogens is 1. The van der Waals surface area contributed by atoms with Gasteiger partial charge < -0.3 is 10.6 Å². The zero-order valence-electron chi connectivity index (χ0n) is 7.47. The zero-order valence-corrected chi connectivity index (χ0v) is 8.22. The predicted molar refractivity (Wildman–Crippen MR) is 54.2 cm³/mol. The molecule has 0 bridgehead atoms.